The van der Waals surface area contributed by atoms with Crippen molar-refractivity contribution in [1.29, 1.82) is 0 Å². The molecule has 0 saturated carbocycles. The maximum atomic E-state index is 12.0. The minimum Gasteiger partial charge on any atom is -0.348 e. The molecule has 7 nitrogen and oxygen atoms in total. The van der Waals surface area contributed by atoms with Crippen LogP contribution in [0.15, 0.2) is 36.8 Å². The lowest BCUT2D eigenvalue weighted by Gasteiger charge is -2.12. The number of H-pyrrole nitrogens is 1. The quantitative estimate of drug-likeness (QED) is 0.830. The lowest BCUT2D eigenvalue weighted by molar-refractivity contribution is -0.167. The topological polar surface area (TPSA) is 92.4 Å². The van der Waals surface area contributed by atoms with E-state index in [1.807, 2.05) is 0 Å². The highest BCUT2D eigenvalue weighted by Gasteiger charge is 2.38. The Morgan fingerprint density at radius 1 is 1.20 bits per heavy atom. The first-order valence-corrected chi connectivity index (χ1v) is 5.82. The van der Waals surface area contributed by atoms with Crippen LogP contribution in [0.3, 0.4) is 0 Å². The number of hydrogen-bond acceptors (Lipinski definition) is 5. The zero-order valence-corrected chi connectivity index (χ0v) is 10.2. The molecule has 0 atom stereocenters. The number of imidazole rings is 1. The number of nitrogens with zero attached hydrogens (tertiary/aromatic N) is 2. The average molecular weight is 271 g/mol. The van der Waals surface area contributed by atoms with Crippen LogP contribution in [0.25, 0.3) is 0 Å². The molecule has 2 amide bonds. The Balaban J connectivity index is 1.75. The first-order chi connectivity index (χ1) is 9.66. The van der Waals surface area contributed by atoms with Gasteiger partial charge in [0.15, 0.2) is 0 Å². The van der Waals surface area contributed by atoms with Gasteiger partial charge in [-0.2, -0.15) is 0 Å². The molecule has 2 heterocycles. The summed E-state index contributed by atoms with van der Waals surface area (Å²) in [6, 6.07) is 6.30. The highest BCUT2D eigenvalue weighted by molar-refractivity contribution is 6.20. The molecule has 1 aromatic carbocycles. The first kappa shape index (κ1) is 12.1. The number of aromatic amines is 1. The van der Waals surface area contributed by atoms with Crippen molar-refractivity contribution in [2.24, 2.45) is 0 Å². The third-order valence-corrected chi connectivity index (χ3v) is 2.84. The molecule has 7 heteroatoms. The molecule has 0 saturated heterocycles. The van der Waals surface area contributed by atoms with Crippen LogP contribution in [0.1, 0.15) is 26.4 Å². The van der Waals surface area contributed by atoms with Gasteiger partial charge in [0, 0.05) is 11.9 Å². The third-order valence-electron chi connectivity index (χ3n) is 2.84. The Labute approximate surface area is 113 Å². The number of hydroxylamine groups is 2. The third kappa shape index (κ3) is 1.95. The number of imide groups is 1. The number of nitrogens with one attached hydrogen (secondary N) is 1. The molecule has 0 fully saturated rings. The van der Waals surface area contributed by atoms with Crippen LogP contribution in [-0.4, -0.2) is 32.8 Å². The van der Waals surface area contributed by atoms with Crippen molar-refractivity contribution in [3.8, 4) is 0 Å². The zero-order chi connectivity index (χ0) is 14.1. The molecule has 0 unspecified atom stereocenters. The molecular formula is C13H9N3O4. The molecule has 1 aliphatic heterocycles. The molecule has 2 aromatic rings. The Kier molecular flexibility index (Phi) is 2.79. The Bertz CT molecular complexity index is 658. The summed E-state index contributed by atoms with van der Waals surface area (Å²) in [6.07, 6.45) is 2.78. The van der Waals surface area contributed by atoms with E-state index in [2.05, 4.69) is 9.97 Å². The summed E-state index contributed by atoms with van der Waals surface area (Å²) in [5, 5.41) is 0.489. The minimum atomic E-state index is -0.719. The second-order valence-electron chi connectivity index (χ2n) is 4.17. The van der Waals surface area contributed by atoms with Gasteiger partial charge in [-0.3, -0.25) is 9.59 Å². The first-order valence-electron chi connectivity index (χ1n) is 5.82. The van der Waals surface area contributed by atoms with Crippen molar-refractivity contribution in [3.05, 3.63) is 53.6 Å². The maximum Gasteiger partial charge on any atom is 0.339 e. The van der Waals surface area contributed by atoms with Gasteiger partial charge in [0.2, 0.25) is 0 Å². The van der Waals surface area contributed by atoms with Gasteiger partial charge in [-0.1, -0.05) is 17.2 Å². The molecule has 1 N–H and O–H groups in total. The zero-order valence-electron chi connectivity index (χ0n) is 10.2. The number of amides is 2. The molecule has 0 spiro atoms. The fraction of sp³-hybridized carbons (Fsp3) is 0.0769. The lowest BCUT2D eigenvalue weighted by atomic mass is 10.1. The number of benzene rings is 1. The van der Waals surface area contributed by atoms with E-state index in [1.54, 1.807) is 12.1 Å². The van der Waals surface area contributed by atoms with Crippen molar-refractivity contribution in [2.45, 2.75) is 6.42 Å². The number of hydrogen-bond donors (Lipinski definition) is 1. The highest BCUT2D eigenvalue weighted by atomic mass is 16.7. The molecule has 0 bridgehead atoms. The second kappa shape index (κ2) is 4.61. The van der Waals surface area contributed by atoms with Crippen LogP contribution in [0, 0.1) is 0 Å². The van der Waals surface area contributed by atoms with Crippen molar-refractivity contribution in [1.82, 2.24) is 15.0 Å². The van der Waals surface area contributed by atoms with E-state index in [1.165, 1.54) is 24.7 Å². The summed E-state index contributed by atoms with van der Waals surface area (Å²) < 4.78 is 0. The Morgan fingerprint density at radius 3 is 2.40 bits per heavy atom. The van der Waals surface area contributed by atoms with Gasteiger partial charge in [0.05, 0.1) is 23.9 Å². The Morgan fingerprint density at radius 2 is 1.85 bits per heavy atom. The van der Waals surface area contributed by atoms with Gasteiger partial charge in [-0.15, -0.1) is 0 Å². The summed E-state index contributed by atoms with van der Waals surface area (Å²) in [4.78, 5) is 46.9. The van der Waals surface area contributed by atoms with Crippen molar-refractivity contribution in [2.75, 3.05) is 0 Å². The van der Waals surface area contributed by atoms with Crippen LogP contribution in [0.4, 0.5) is 0 Å². The SMILES string of the molecule is O=C(Cc1cnc[nH]1)ON1C(=O)c2ccccc2C1=O. The smallest absolute Gasteiger partial charge is 0.339 e. The number of aromatic nitrogens is 2. The van der Waals surface area contributed by atoms with Crippen molar-refractivity contribution >= 4 is 17.8 Å². The summed E-state index contributed by atoms with van der Waals surface area (Å²) >= 11 is 0. The number of carbonyl (C=O) groups excluding carboxylic acids is 3. The normalized spacial score (nSPS) is 13.5. The molecule has 1 aliphatic rings. The lowest BCUT2D eigenvalue weighted by Crippen LogP contribution is -2.33. The minimum absolute atomic E-state index is 0.104. The number of carbonyl (C=O) groups is 3. The fourth-order valence-corrected chi connectivity index (χ4v) is 1.92. The predicted molar refractivity (Wildman–Crippen MR) is 65.3 cm³/mol. The van der Waals surface area contributed by atoms with E-state index in [0.29, 0.717) is 10.8 Å². The van der Waals surface area contributed by atoms with E-state index >= 15 is 0 Å². The van der Waals surface area contributed by atoms with Gasteiger partial charge in [-0.25, -0.2) is 9.78 Å². The Hall–Kier alpha value is -2.96. The van der Waals surface area contributed by atoms with Crippen LogP contribution in [-0.2, 0) is 16.1 Å². The monoisotopic (exact) mass is 271 g/mol. The number of rotatable bonds is 3. The van der Waals surface area contributed by atoms with Crippen molar-refractivity contribution in [3.63, 3.8) is 0 Å². The second-order valence-corrected chi connectivity index (χ2v) is 4.17. The predicted octanol–water partition coefficient (Wildman–Crippen LogP) is 0.707. The number of fused-ring (bicyclic) bond motifs is 1. The van der Waals surface area contributed by atoms with E-state index in [4.69, 9.17) is 4.84 Å². The fourth-order valence-electron chi connectivity index (χ4n) is 1.92. The van der Waals surface area contributed by atoms with Gasteiger partial charge in [0.25, 0.3) is 11.8 Å². The van der Waals surface area contributed by atoms with Crippen molar-refractivity contribution < 1.29 is 19.2 Å². The summed E-state index contributed by atoms with van der Waals surface area (Å²) in [5.41, 5.74) is 0.991. The summed E-state index contributed by atoms with van der Waals surface area (Å²) in [6.45, 7) is 0. The van der Waals surface area contributed by atoms with Crippen LogP contribution >= 0.6 is 0 Å². The van der Waals surface area contributed by atoms with E-state index in [0.717, 1.165) is 0 Å². The largest absolute Gasteiger partial charge is 0.348 e. The summed E-state index contributed by atoms with van der Waals surface area (Å²) in [7, 11) is 0. The summed E-state index contributed by atoms with van der Waals surface area (Å²) in [5.74, 6) is -1.99. The molecule has 20 heavy (non-hydrogen) atoms. The van der Waals surface area contributed by atoms with E-state index in [9.17, 15) is 14.4 Å². The standard InChI is InChI=1S/C13H9N3O4/c17-11(5-8-6-14-7-15-8)20-16-12(18)9-3-1-2-4-10(9)13(16)19/h1-4,6-7H,5H2,(H,14,15). The van der Waals surface area contributed by atoms with E-state index in [-0.39, 0.29) is 17.5 Å². The van der Waals surface area contributed by atoms with Crippen LogP contribution < -0.4 is 0 Å². The van der Waals surface area contributed by atoms with Gasteiger partial charge in [0.1, 0.15) is 0 Å². The van der Waals surface area contributed by atoms with Crippen LogP contribution in [0.5, 0.6) is 0 Å². The van der Waals surface area contributed by atoms with Gasteiger partial charge in [-0.05, 0) is 12.1 Å². The molecule has 0 aliphatic carbocycles. The van der Waals surface area contributed by atoms with Crippen LogP contribution in [0.2, 0.25) is 0 Å². The average Bonchev–Trinajstić information content (AvgIpc) is 3.03. The molecule has 100 valence electrons. The molecule has 0 radical (unpaired) electrons. The molecule has 1 aromatic heterocycles. The van der Waals surface area contributed by atoms with Gasteiger partial charge >= 0.3 is 5.97 Å². The maximum absolute atomic E-state index is 12.0. The van der Waals surface area contributed by atoms with Gasteiger partial charge < -0.3 is 9.82 Å². The molecular weight excluding hydrogens is 262 g/mol. The highest BCUT2D eigenvalue weighted by Crippen LogP contribution is 2.22. The molecule has 3 rings (SSSR count). The van der Waals surface area contributed by atoms with E-state index < -0.39 is 17.8 Å².